The van der Waals surface area contributed by atoms with E-state index in [4.69, 9.17) is 0 Å². The minimum absolute atomic E-state index is 0.0228. The van der Waals surface area contributed by atoms with E-state index in [1.165, 1.54) is 0 Å². The number of rotatable bonds is 4. The van der Waals surface area contributed by atoms with Crippen molar-refractivity contribution in [3.8, 4) is 0 Å². The summed E-state index contributed by atoms with van der Waals surface area (Å²) in [5, 5.41) is 0. The van der Waals surface area contributed by atoms with Crippen molar-refractivity contribution in [1.29, 1.82) is 0 Å². The molecule has 2 aromatic rings. The lowest BCUT2D eigenvalue weighted by Gasteiger charge is -2.35. The van der Waals surface area contributed by atoms with Gasteiger partial charge < -0.3 is 0 Å². The Balaban J connectivity index is 1.50. The van der Waals surface area contributed by atoms with E-state index < -0.39 is 21.3 Å². The first kappa shape index (κ1) is 20.2. The molecular formula is C25H26N2O3S. The van der Waals surface area contributed by atoms with E-state index in [9.17, 15) is 13.2 Å². The second-order valence-corrected chi connectivity index (χ2v) is 11.1. The van der Waals surface area contributed by atoms with Crippen molar-refractivity contribution in [2.45, 2.75) is 26.7 Å². The molecule has 160 valence electrons. The summed E-state index contributed by atoms with van der Waals surface area (Å²) in [5.74, 6) is -0.133. The van der Waals surface area contributed by atoms with Gasteiger partial charge in [0.2, 0.25) is 10.0 Å². The van der Waals surface area contributed by atoms with Crippen molar-refractivity contribution in [1.82, 2.24) is 4.31 Å². The van der Waals surface area contributed by atoms with E-state index in [1.54, 1.807) is 0 Å². The summed E-state index contributed by atoms with van der Waals surface area (Å²) in [4.78, 5) is 17.9. The number of hydrogen-bond donors (Lipinski definition) is 0. The molecule has 1 saturated heterocycles. The fourth-order valence-corrected chi connectivity index (χ4v) is 8.02. The average Bonchev–Trinajstić information content (AvgIpc) is 3.23. The van der Waals surface area contributed by atoms with Gasteiger partial charge in [-0.1, -0.05) is 80.6 Å². The van der Waals surface area contributed by atoms with E-state index >= 15 is 0 Å². The molecule has 6 heteroatoms. The van der Waals surface area contributed by atoms with Crippen LogP contribution in [0.4, 0.5) is 0 Å². The quantitative estimate of drug-likeness (QED) is 0.683. The van der Waals surface area contributed by atoms with Crippen LogP contribution in [0.2, 0.25) is 0 Å². The van der Waals surface area contributed by atoms with E-state index in [1.807, 2.05) is 66.7 Å². The second-order valence-electron chi connectivity index (χ2n) is 9.31. The Kier molecular flexibility index (Phi) is 4.49. The monoisotopic (exact) mass is 434 g/mol. The molecule has 5 nitrogen and oxygen atoms in total. The van der Waals surface area contributed by atoms with Crippen LogP contribution in [0.15, 0.2) is 77.4 Å². The fraction of sp³-hybridized carbons (Fsp3) is 0.360. The van der Waals surface area contributed by atoms with Gasteiger partial charge in [-0.3, -0.25) is 9.79 Å². The molecule has 1 heterocycles. The van der Waals surface area contributed by atoms with Gasteiger partial charge >= 0.3 is 0 Å². The number of benzene rings is 2. The molecule has 1 aliphatic heterocycles. The van der Waals surface area contributed by atoms with Gasteiger partial charge in [0, 0.05) is 22.2 Å². The number of hydrogen-bond acceptors (Lipinski definition) is 4. The lowest BCUT2D eigenvalue weighted by atomic mass is 9.69. The fourth-order valence-electron chi connectivity index (χ4n) is 5.70. The molecule has 0 radical (unpaired) electrons. The lowest BCUT2D eigenvalue weighted by molar-refractivity contribution is -0.124. The molecule has 5 rings (SSSR count). The average molecular weight is 435 g/mol. The number of aliphatic imine (C=N–C) groups is 1. The molecule has 2 atom stereocenters. The van der Waals surface area contributed by atoms with Crippen LogP contribution in [0.5, 0.6) is 0 Å². The van der Waals surface area contributed by atoms with Crippen molar-refractivity contribution in [2.75, 3.05) is 12.3 Å². The molecule has 2 aromatic carbocycles. The molecule has 2 aliphatic carbocycles. The van der Waals surface area contributed by atoms with Gasteiger partial charge in [0.15, 0.2) is 0 Å². The van der Waals surface area contributed by atoms with Crippen molar-refractivity contribution >= 4 is 21.6 Å². The predicted molar refractivity (Wildman–Crippen MR) is 121 cm³/mol. The van der Waals surface area contributed by atoms with Gasteiger partial charge in [0.1, 0.15) is 6.54 Å². The third kappa shape index (κ3) is 2.92. The van der Waals surface area contributed by atoms with Crippen LogP contribution >= 0.6 is 0 Å². The summed E-state index contributed by atoms with van der Waals surface area (Å²) in [6.45, 7) is 4.06. The first-order chi connectivity index (χ1) is 14.8. The molecule has 3 aliphatic rings. The lowest BCUT2D eigenvalue weighted by Crippen LogP contribution is -2.35. The number of sulfonamides is 1. The molecule has 2 bridgehead atoms. The number of allylic oxidation sites excluding steroid dienone is 2. The van der Waals surface area contributed by atoms with E-state index in [0.717, 1.165) is 28.3 Å². The summed E-state index contributed by atoms with van der Waals surface area (Å²) < 4.78 is 27.2. The number of amides is 1. The summed E-state index contributed by atoms with van der Waals surface area (Å²) in [5.41, 5.74) is 2.56. The topological polar surface area (TPSA) is 66.8 Å². The third-order valence-electron chi connectivity index (χ3n) is 7.51. The van der Waals surface area contributed by atoms with E-state index in [2.05, 4.69) is 18.8 Å². The normalized spacial score (nSPS) is 27.0. The molecule has 2 fully saturated rings. The van der Waals surface area contributed by atoms with Crippen LogP contribution in [-0.4, -0.2) is 36.6 Å². The Morgan fingerprint density at radius 1 is 1.03 bits per heavy atom. The third-order valence-corrected chi connectivity index (χ3v) is 9.33. The molecule has 0 aromatic heterocycles. The number of carbonyl (C=O) groups excluding carboxylic acids is 1. The summed E-state index contributed by atoms with van der Waals surface area (Å²) >= 11 is 0. The maximum Gasteiger partial charge on any atom is 0.262 e. The maximum atomic E-state index is 13.3. The minimum atomic E-state index is -3.69. The van der Waals surface area contributed by atoms with Crippen LogP contribution in [-0.2, 0) is 14.8 Å². The van der Waals surface area contributed by atoms with Crippen molar-refractivity contribution < 1.29 is 13.2 Å². The van der Waals surface area contributed by atoms with Crippen LogP contribution in [0.25, 0.3) is 0 Å². The Morgan fingerprint density at radius 3 is 2.16 bits per heavy atom. The highest BCUT2D eigenvalue weighted by molar-refractivity contribution is 7.90. The highest BCUT2D eigenvalue weighted by Gasteiger charge is 2.68. The maximum absolute atomic E-state index is 13.3. The van der Waals surface area contributed by atoms with Crippen molar-refractivity contribution in [2.24, 2.45) is 21.7 Å². The van der Waals surface area contributed by atoms with E-state index in [0.29, 0.717) is 17.3 Å². The molecule has 1 spiro atoms. The molecule has 31 heavy (non-hydrogen) atoms. The number of nitrogens with zero attached hydrogens (tertiary/aromatic N) is 2. The van der Waals surface area contributed by atoms with Crippen molar-refractivity contribution in [3.05, 3.63) is 83.6 Å². The Morgan fingerprint density at radius 2 is 1.61 bits per heavy atom. The van der Waals surface area contributed by atoms with Gasteiger partial charge in [0.05, 0.1) is 11.5 Å². The summed E-state index contributed by atoms with van der Waals surface area (Å²) in [6, 6.07) is 19.3. The Labute approximate surface area is 183 Å². The van der Waals surface area contributed by atoms with Gasteiger partial charge in [0.25, 0.3) is 5.91 Å². The zero-order valence-electron chi connectivity index (χ0n) is 17.8. The van der Waals surface area contributed by atoms with Gasteiger partial charge in [-0.15, -0.1) is 0 Å². The standard InChI is InChI=1S/C25H26N2O3S/c1-24(2)20-13-14-25(24)17-31(29,30)27(21(25)15-20)22(28)16-26-23(18-9-5-3-6-10-18)19-11-7-4-8-12-19/h3-12,15,20H,13-14,16-17H2,1-2H3/t20-,25-/m1/s1. The smallest absolute Gasteiger partial charge is 0.262 e. The number of fused-ring (bicyclic) bond motifs is 1. The van der Waals surface area contributed by atoms with Gasteiger partial charge in [-0.25, -0.2) is 12.7 Å². The SMILES string of the molecule is CC1(C)[C@H]2C=C3N(C(=O)CN=C(c4ccccc4)c4ccccc4)S(=O)(=O)C[C@]31CC2. The van der Waals surface area contributed by atoms with Crippen LogP contribution in [0.1, 0.15) is 37.8 Å². The molecule has 1 amide bonds. The second kappa shape index (κ2) is 6.89. The molecule has 0 unspecified atom stereocenters. The first-order valence-electron chi connectivity index (χ1n) is 10.7. The molecular weight excluding hydrogens is 408 g/mol. The Bertz CT molecular complexity index is 1160. The summed E-state index contributed by atoms with van der Waals surface area (Å²) in [6.07, 6.45) is 3.84. The van der Waals surface area contributed by atoms with Crippen LogP contribution in [0, 0.1) is 16.7 Å². The zero-order valence-corrected chi connectivity index (χ0v) is 18.6. The zero-order chi connectivity index (χ0) is 21.9. The van der Waals surface area contributed by atoms with Gasteiger partial charge in [-0.2, -0.15) is 0 Å². The summed E-state index contributed by atoms with van der Waals surface area (Å²) in [7, 11) is -3.69. The first-order valence-corrected chi connectivity index (χ1v) is 12.3. The van der Waals surface area contributed by atoms with Gasteiger partial charge in [-0.05, 0) is 24.2 Å². The van der Waals surface area contributed by atoms with Crippen LogP contribution in [0.3, 0.4) is 0 Å². The minimum Gasteiger partial charge on any atom is -0.274 e. The number of carbonyl (C=O) groups is 1. The highest BCUT2D eigenvalue weighted by Crippen LogP contribution is 2.69. The largest absolute Gasteiger partial charge is 0.274 e. The highest BCUT2D eigenvalue weighted by atomic mass is 32.2. The van der Waals surface area contributed by atoms with Crippen LogP contribution < -0.4 is 0 Å². The Hall–Kier alpha value is -2.73. The molecule has 1 saturated carbocycles. The predicted octanol–water partition coefficient (Wildman–Crippen LogP) is 4.02. The van der Waals surface area contributed by atoms with Crippen molar-refractivity contribution in [3.63, 3.8) is 0 Å². The molecule has 0 N–H and O–H groups in total. The van der Waals surface area contributed by atoms with E-state index in [-0.39, 0.29) is 17.7 Å².